The second kappa shape index (κ2) is 13.1. The zero-order chi connectivity index (χ0) is 37.1. The molecule has 276 valence electrons. The number of hydrogen-bond acceptors (Lipinski definition) is 7. The molecule has 1 N–H and O–H groups in total. The Kier molecular flexibility index (Phi) is 9.59. The smallest absolute Gasteiger partial charge is 0.324 e. The number of nitrogens with one attached hydrogen (secondary N) is 1. The molecule has 5 aliphatic rings. The number of Topliss-reactive ketones (excluding diaryl/α,β-unsaturated/α-hetero) is 1. The first-order chi connectivity index (χ1) is 23.9. The minimum absolute atomic E-state index is 0.0107. The molecule has 4 saturated carbocycles. The number of rotatable bonds is 3. The van der Waals surface area contributed by atoms with Gasteiger partial charge in [0.15, 0.2) is 5.78 Å². The minimum atomic E-state index is -0.993. The molecule has 0 aliphatic heterocycles. The highest BCUT2D eigenvalue weighted by Crippen LogP contribution is 2.76. The monoisotopic (exact) mass is 698 g/mol. The summed E-state index contributed by atoms with van der Waals surface area (Å²) in [7, 11) is 0. The molecule has 0 radical (unpaired) electrons. The van der Waals surface area contributed by atoms with Gasteiger partial charge in [0, 0.05) is 37.2 Å². The highest BCUT2D eigenvalue weighted by molar-refractivity contribution is 6.06. The van der Waals surface area contributed by atoms with E-state index in [0.29, 0.717) is 23.2 Å². The molecule has 1 heterocycles. The molecule has 0 unspecified atom stereocenters. The van der Waals surface area contributed by atoms with Crippen molar-refractivity contribution >= 4 is 40.1 Å². The summed E-state index contributed by atoms with van der Waals surface area (Å²) in [5.41, 5.74) is 2.54. The van der Waals surface area contributed by atoms with Crippen LogP contribution in [0.1, 0.15) is 127 Å². The van der Waals surface area contributed by atoms with Crippen LogP contribution in [0.5, 0.6) is 0 Å². The fourth-order valence-corrected chi connectivity index (χ4v) is 12.5. The predicted octanol–water partition coefficient (Wildman–Crippen LogP) is 9.57. The number of carbonyl (C=O) groups excluding carboxylic acids is 4. The second-order valence-corrected chi connectivity index (χ2v) is 18.2. The van der Waals surface area contributed by atoms with Gasteiger partial charge in [-0.05, 0) is 108 Å². The first kappa shape index (κ1) is 37.2. The van der Waals surface area contributed by atoms with Crippen molar-refractivity contribution in [2.45, 2.75) is 127 Å². The number of anilines is 1. The van der Waals surface area contributed by atoms with Crippen LogP contribution >= 0.6 is 0 Å². The molecule has 7 atom stereocenters. The van der Waals surface area contributed by atoms with E-state index in [1.54, 1.807) is 12.4 Å². The van der Waals surface area contributed by atoms with E-state index in [9.17, 15) is 19.2 Å². The molecule has 8 nitrogen and oxygen atoms in total. The summed E-state index contributed by atoms with van der Waals surface area (Å²) in [5.74, 6) is 0.416. The summed E-state index contributed by atoms with van der Waals surface area (Å²) in [6, 6.07) is 7.81. The standard InChI is InChI=1S/C32H48O5.C11H10N2O/c1-19(2)25-22(34)18-32(27(35)37-36-20(3)33)17-16-30(7)21(26(25)32)10-11-24-29(6)14-9-13-28(4,5)23(29)12-15-31(24,30)8;1-8(14)13-11-7-12-6-9-4-2-3-5-10(9)11/h19,21,23-24H,9-18H2,1-8H3;2-7H,1H3,(H,13,14)/t21-,23+,24-,29+,30-,31-,32-;/m1./s1. The average molecular weight is 699 g/mol. The Balaban J connectivity index is 0.000000267. The summed E-state index contributed by atoms with van der Waals surface area (Å²) in [6.07, 6.45) is 13.7. The molecule has 4 fully saturated rings. The number of fused-ring (bicyclic) bond motifs is 8. The summed E-state index contributed by atoms with van der Waals surface area (Å²) in [6.45, 7) is 19.5. The van der Waals surface area contributed by atoms with Crippen LogP contribution in [-0.2, 0) is 29.0 Å². The fraction of sp³-hybridized carbons (Fsp3) is 0.651. The van der Waals surface area contributed by atoms with Crippen LogP contribution in [0, 0.1) is 50.7 Å². The normalized spacial score (nSPS) is 35.0. The number of pyridine rings is 1. The van der Waals surface area contributed by atoms with Crippen LogP contribution in [-0.4, -0.2) is 28.6 Å². The zero-order valence-electron chi connectivity index (χ0n) is 32.2. The quantitative estimate of drug-likeness (QED) is 0.251. The Labute approximate surface area is 303 Å². The summed E-state index contributed by atoms with van der Waals surface area (Å²) < 4.78 is 0. The number of hydrogen-bond donors (Lipinski definition) is 1. The molecule has 51 heavy (non-hydrogen) atoms. The molecular formula is C43H58N2O6. The zero-order valence-corrected chi connectivity index (χ0v) is 32.2. The summed E-state index contributed by atoms with van der Waals surface area (Å²) >= 11 is 0. The van der Waals surface area contributed by atoms with Crippen LogP contribution in [0.3, 0.4) is 0 Å². The van der Waals surface area contributed by atoms with Crippen LogP contribution in [0.25, 0.3) is 10.8 Å². The molecule has 0 bridgehead atoms. The van der Waals surface area contributed by atoms with Crippen LogP contribution in [0.15, 0.2) is 47.8 Å². The van der Waals surface area contributed by atoms with Crippen molar-refractivity contribution in [1.29, 1.82) is 0 Å². The van der Waals surface area contributed by atoms with Gasteiger partial charge in [-0.15, -0.1) is 0 Å². The topological polar surface area (TPSA) is 112 Å². The highest BCUT2D eigenvalue weighted by Gasteiger charge is 2.70. The lowest BCUT2D eigenvalue weighted by Gasteiger charge is -2.71. The molecule has 1 amide bonds. The van der Waals surface area contributed by atoms with Crippen LogP contribution in [0.4, 0.5) is 5.69 Å². The van der Waals surface area contributed by atoms with E-state index in [1.807, 2.05) is 24.3 Å². The maximum atomic E-state index is 13.6. The van der Waals surface area contributed by atoms with Gasteiger partial charge < -0.3 is 5.32 Å². The molecule has 1 aromatic carbocycles. The molecule has 5 aliphatic carbocycles. The highest BCUT2D eigenvalue weighted by atomic mass is 17.2. The van der Waals surface area contributed by atoms with Crippen molar-refractivity contribution in [1.82, 2.24) is 4.98 Å². The number of nitrogens with zero attached hydrogens (tertiary/aromatic N) is 1. The van der Waals surface area contributed by atoms with Gasteiger partial charge in [-0.1, -0.05) is 79.2 Å². The fourth-order valence-electron chi connectivity index (χ4n) is 12.5. The van der Waals surface area contributed by atoms with Gasteiger partial charge in [0.25, 0.3) is 0 Å². The van der Waals surface area contributed by atoms with Crippen LogP contribution in [0.2, 0.25) is 0 Å². The third kappa shape index (κ3) is 5.93. The lowest BCUT2D eigenvalue weighted by Crippen LogP contribution is -2.64. The van der Waals surface area contributed by atoms with E-state index in [1.165, 1.54) is 46.0 Å². The van der Waals surface area contributed by atoms with E-state index in [0.717, 1.165) is 52.8 Å². The van der Waals surface area contributed by atoms with Crippen molar-refractivity contribution in [3.05, 3.63) is 47.8 Å². The van der Waals surface area contributed by atoms with Crippen molar-refractivity contribution in [2.24, 2.45) is 50.7 Å². The molecule has 8 heteroatoms. The molecule has 0 spiro atoms. The van der Waals surface area contributed by atoms with Crippen molar-refractivity contribution in [3.63, 3.8) is 0 Å². The Morgan fingerprint density at radius 3 is 2.25 bits per heavy atom. The van der Waals surface area contributed by atoms with E-state index < -0.39 is 17.4 Å². The minimum Gasteiger partial charge on any atom is -0.324 e. The first-order valence-corrected chi connectivity index (χ1v) is 19.2. The number of aromatic nitrogens is 1. The molecule has 7 rings (SSSR count). The molecule has 2 aromatic rings. The first-order valence-electron chi connectivity index (χ1n) is 19.2. The Morgan fingerprint density at radius 2 is 1.57 bits per heavy atom. The Bertz CT molecular complexity index is 1770. The van der Waals surface area contributed by atoms with E-state index in [2.05, 4.69) is 58.8 Å². The van der Waals surface area contributed by atoms with Gasteiger partial charge in [0.2, 0.25) is 5.91 Å². The van der Waals surface area contributed by atoms with E-state index >= 15 is 0 Å². The molecule has 0 saturated heterocycles. The van der Waals surface area contributed by atoms with Crippen molar-refractivity contribution in [3.8, 4) is 0 Å². The van der Waals surface area contributed by atoms with Gasteiger partial charge in [-0.25, -0.2) is 19.4 Å². The van der Waals surface area contributed by atoms with Gasteiger partial charge in [0.1, 0.15) is 5.41 Å². The maximum absolute atomic E-state index is 13.6. The number of amides is 1. The van der Waals surface area contributed by atoms with Crippen molar-refractivity contribution in [2.75, 3.05) is 5.32 Å². The predicted molar refractivity (Wildman–Crippen MR) is 198 cm³/mol. The Hall–Kier alpha value is -3.55. The van der Waals surface area contributed by atoms with Gasteiger partial charge >= 0.3 is 11.9 Å². The molecule has 1 aromatic heterocycles. The lowest BCUT2D eigenvalue weighted by molar-refractivity contribution is -0.267. The number of ketones is 1. The summed E-state index contributed by atoms with van der Waals surface area (Å²) in [4.78, 5) is 63.3. The number of allylic oxidation sites excluding steroid dienone is 1. The summed E-state index contributed by atoms with van der Waals surface area (Å²) in [5, 5.41) is 4.78. The molecular weight excluding hydrogens is 640 g/mol. The SMILES string of the molecule is CC(=O)Nc1cncc2ccccc12.CC(=O)OOC(=O)[C@@]12CC[C@]3(C)[C@H](CC[C@@H]4[C@@]5(C)CCCC(C)(C)[C@@H]5CC[C@]43C)C1=C(C(C)C)C(=O)C2. The number of benzene rings is 1. The Morgan fingerprint density at radius 1 is 0.843 bits per heavy atom. The van der Waals surface area contributed by atoms with Gasteiger partial charge in [-0.3, -0.25) is 14.6 Å². The van der Waals surface area contributed by atoms with Gasteiger partial charge in [0.05, 0.1) is 11.9 Å². The van der Waals surface area contributed by atoms with E-state index in [-0.39, 0.29) is 40.8 Å². The second-order valence-electron chi connectivity index (χ2n) is 18.2. The third-order valence-electron chi connectivity index (χ3n) is 14.8. The third-order valence-corrected chi connectivity index (χ3v) is 14.8. The van der Waals surface area contributed by atoms with E-state index in [4.69, 9.17) is 9.78 Å². The number of carbonyl (C=O) groups is 4. The van der Waals surface area contributed by atoms with Crippen molar-refractivity contribution < 1.29 is 29.0 Å². The lowest BCUT2D eigenvalue weighted by atomic mass is 9.33. The van der Waals surface area contributed by atoms with Crippen LogP contribution < -0.4 is 5.32 Å². The largest absolute Gasteiger partial charge is 0.366 e. The average Bonchev–Trinajstić information content (AvgIpc) is 3.37. The maximum Gasteiger partial charge on any atom is 0.366 e. The van der Waals surface area contributed by atoms with Gasteiger partial charge in [-0.2, -0.15) is 0 Å².